The Kier molecular flexibility index (Phi) is 14.7. The van der Waals surface area contributed by atoms with E-state index in [0.29, 0.717) is 22.3 Å². The van der Waals surface area contributed by atoms with E-state index in [9.17, 15) is 30.7 Å². The number of ether oxygens (including phenoxy) is 2. The van der Waals surface area contributed by atoms with Gasteiger partial charge >= 0.3 is 13.2 Å². The average molecular weight is 743 g/mol. The van der Waals surface area contributed by atoms with Gasteiger partial charge in [-0.05, 0) is 108 Å². The van der Waals surface area contributed by atoms with Gasteiger partial charge in [0.05, 0.1) is 0 Å². The maximum atomic E-state index is 14.5. The Morgan fingerprint density at radius 1 is 0.509 bits per heavy atom. The number of aryl methyl sites for hydroxylation is 2. The molecule has 0 radical (unpaired) electrons. The van der Waals surface area contributed by atoms with Crippen LogP contribution in [0.4, 0.5) is 30.7 Å². The zero-order valence-electron chi connectivity index (χ0n) is 30.4. The van der Waals surface area contributed by atoms with Crippen molar-refractivity contribution in [2.75, 3.05) is 0 Å². The van der Waals surface area contributed by atoms with Gasteiger partial charge in [0.2, 0.25) is 0 Å². The van der Waals surface area contributed by atoms with Gasteiger partial charge in [0.25, 0.3) is 0 Å². The van der Waals surface area contributed by atoms with Gasteiger partial charge in [-0.2, -0.15) is 17.6 Å². The van der Waals surface area contributed by atoms with Crippen molar-refractivity contribution in [3.05, 3.63) is 107 Å². The van der Waals surface area contributed by atoms with Crippen molar-refractivity contribution in [3.63, 3.8) is 0 Å². The van der Waals surface area contributed by atoms with Gasteiger partial charge in [0.1, 0.15) is 11.6 Å². The molecule has 286 valence electrons. The summed E-state index contributed by atoms with van der Waals surface area (Å²) in [7, 11) is 0. The average Bonchev–Trinajstić information content (AvgIpc) is 3.13. The van der Waals surface area contributed by atoms with Crippen LogP contribution in [0.15, 0.2) is 78.9 Å². The Morgan fingerprint density at radius 2 is 0.981 bits per heavy atom. The Bertz CT molecular complexity index is 1690. The second-order valence-corrected chi connectivity index (χ2v) is 14.9. The highest BCUT2D eigenvalue weighted by molar-refractivity contribution is 5.66. The lowest BCUT2D eigenvalue weighted by Gasteiger charge is -2.26. The van der Waals surface area contributed by atoms with E-state index in [2.05, 4.69) is 23.3 Å². The normalized spacial score (nSPS) is 20.2. The molecule has 0 aromatic heterocycles. The van der Waals surface area contributed by atoms with Crippen LogP contribution >= 0.6 is 0 Å². The minimum absolute atomic E-state index is 0.0718. The number of hydrogen-bond acceptors (Lipinski definition) is 2. The molecule has 0 N–H and O–H groups in total. The molecule has 53 heavy (non-hydrogen) atoms. The molecular weight excluding hydrogens is 693 g/mol. The smallest absolute Gasteiger partial charge is 0.387 e. The second-order valence-electron chi connectivity index (χ2n) is 14.9. The molecule has 0 heterocycles. The second kappa shape index (κ2) is 19.4. The lowest BCUT2D eigenvalue weighted by Crippen LogP contribution is -2.12. The molecule has 0 aliphatic heterocycles. The molecule has 2 aliphatic rings. The van der Waals surface area contributed by atoms with Crippen LogP contribution in [-0.4, -0.2) is 13.2 Å². The minimum atomic E-state index is -3.27. The Balaban J connectivity index is 0.000000204. The number of hydrogen-bond donors (Lipinski definition) is 0. The summed E-state index contributed by atoms with van der Waals surface area (Å²) in [5.41, 5.74) is 4.25. The molecule has 0 amide bonds. The van der Waals surface area contributed by atoms with Crippen molar-refractivity contribution in [2.24, 2.45) is 23.7 Å². The van der Waals surface area contributed by atoms with Crippen LogP contribution in [0.3, 0.4) is 0 Å². The first-order chi connectivity index (χ1) is 25.4. The highest BCUT2D eigenvalue weighted by Crippen LogP contribution is 2.34. The fraction of sp³-hybridized carbons (Fsp3) is 0.455. The Morgan fingerprint density at radius 3 is 1.47 bits per heavy atom. The predicted molar refractivity (Wildman–Crippen MR) is 196 cm³/mol. The summed E-state index contributed by atoms with van der Waals surface area (Å²) < 4.78 is 99.3. The van der Waals surface area contributed by atoms with E-state index in [1.165, 1.54) is 69.1 Å². The Labute approximate surface area is 308 Å². The maximum absolute atomic E-state index is 14.5. The quantitative estimate of drug-likeness (QED) is 0.135. The molecule has 2 aliphatic carbocycles. The summed E-state index contributed by atoms with van der Waals surface area (Å²) in [5, 5.41) is 0. The van der Waals surface area contributed by atoms with Crippen molar-refractivity contribution in [2.45, 2.75) is 104 Å². The molecule has 0 bridgehead atoms. The van der Waals surface area contributed by atoms with E-state index in [1.807, 2.05) is 18.2 Å². The van der Waals surface area contributed by atoms with Crippen LogP contribution < -0.4 is 9.47 Å². The molecule has 2 nitrogen and oxygen atoms in total. The summed E-state index contributed by atoms with van der Waals surface area (Å²) >= 11 is 0. The fourth-order valence-corrected chi connectivity index (χ4v) is 7.53. The van der Waals surface area contributed by atoms with Crippen LogP contribution in [0.5, 0.6) is 11.5 Å². The molecule has 0 unspecified atom stereocenters. The number of alkyl halides is 4. The molecule has 0 saturated heterocycles. The summed E-state index contributed by atoms with van der Waals surface area (Å²) in [4.78, 5) is 0. The highest BCUT2D eigenvalue weighted by Gasteiger charge is 2.20. The zero-order valence-corrected chi connectivity index (χ0v) is 30.4. The van der Waals surface area contributed by atoms with Crippen LogP contribution in [0.1, 0.15) is 89.2 Å². The van der Waals surface area contributed by atoms with E-state index in [4.69, 9.17) is 0 Å². The molecule has 0 spiro atoms. The van der Waals surface area contributed by atoms with Gasteiger partial charge in [0.15, 0.2) is 17.4 Å². The third-order valence-electron chi connectivity index (χ3n) is 10.9. The molecule has 9 heteroatoms. The monoisotopic (exact) mass is 742 g/mol. The van der Waals surface area contributed by atoms with Gasteiger partial charge in [-0.15, -0.1) is 0 Å². The van der Waals surface area contributed by atoms with Gasteiger partial charge in [-0.1, -0.05) is 114 Å². The fourth-order valence-electron chi connectivity index (χ4n) is 7.53. The summed E-state index contributed by atoms with van der Waals surface area (Å²) in [6, 6.07) is 20.9. The predicted octanol–water partition coefficient (Wildman–Crippen LogP) is 13.8. The van der Waals surface area contributed by atoms with Gasteiger partial charge < -0.3 is 9.47 Å². The molecule has 4 aromatic rings. The highest BCUT2D eigenvalue weighted by atomic mass is 19.3. The third kappa shape index (κ3) is 12.3. The van der Waals surface area contributed by atoms with E-state index in [1.54, 1.807) is 36.4 Å². The first-order valence-electron chi connectivity index (χ1n) is 18.8. The largest absolute Gasteiger partial charge is 0.435 e. The van der Waals surface area contributed by atoms with E-state index < -0.39 is 30.6 Å². The lowest BCUT2D eigenvalue weighted by molar-refractivity contribution is -0.0547. The molecular formula is C44H49F7O2. The van der Waals surface area contributed by atoms with Crippen molar-refractivity contribution >= 4 is 0 Å². The standard InChI is InChI=1S/C22H24F4O.C22H25F3O/c1-14-2-4-15(5-3-14)6-7-16-8-10-17(11-9-16)18-12-19(23)21(20(24)13-18)27-22(25)26;1-15-2-4-16(5-3-15)6-7-17-8-13-20(21(23)14-17)18-9-11-19(12-10-18)26-22(24)25/h8-15,22H,2-7H2,1H3;8-16,22H,2-7H2,1H3. The molecule has 2 fully saturated rings. The molecule has 4 aromatic carbocycles. The van der Waals surface area contributed by atoms with Crippen LogP contribution in [0.2, 0.25) is 0 Å². The number of benzene rings is 4. The number of rotatable bonds is 12. The summed E-state index contributed by atoms with van der Waals surface area (Å²) in [5.74, 6) is -0.291. The van der Waals surface area contributed by atoms with E-state index in [0.717, 1.165) is 67.1 Å². The van der Waals surface area contributed by atoms with Gasteiger partial charge in [0, 0.05) is 5.56 Å². The first-order valence-corrected chi connectivity index (χ1v) is 18.8. The third-order valence-corrected chi connectivity index (χ3v) is 10.9. The van der Waals surface area contributed by atoms with Crippen molar-refractivity contribution in [1.82, 2.24) is 0 Å². The topological polar surface area (TPSA) is 18.5 Å². The van der Waals surface area contributed by atoms with Crippen LogP contribution in [0.25, 0.3) is 22.3 Å². The minimum Gasteiger partial charge on any atom is -0.435 e. The lowest BCUT2D eigenvalue weighted by atomic mass is 9.80. The molecule has 6 rings (SSSR count). The van der Waals surface area contributed by atoms with E-state index >= 15 is 0 Å². The molecule has 2 saturated carbocycles. The zero-order chi connectivity index (χ0) is 37.9. The van der Waals surface area contributed by atoms with Crippen LogP contribution in [-0.2, 0) is 12.8 Å². The Hall–Kier alpha value is -4.01. The maximum Gasteiger partial charge on any atom is 0.387 e. The SMILES string of the molecule is CC1CCC(CCc2ccc(-c3cc(F)c(OC(F)F)c(F)c3)cc2)CC1.CC1CCC(CCc2ccc(-c3ccc(OC(F)F)cc3)c(F)c2)CC1. The summed E-state index contributed by atoms with van der Waals surface area (Å²) in [6.07, 6.45) is 14.6. The van der Waals surface area contributed by atoms with Crippen LogP contribution in [0, 0.1) is 41.1 Å². The van der Waals surface area contributed by atoms with Crippen molar-refractivity contribution in [1.29, 1.82) is 0 Å². The van der Waals surface area contributed by atoms with E-state index in [-0.39, 0.29) is 11.6 Å². The van der Waals surface area contributed by atoms with Gasteiger partial charge in [-0.25, -0.2) is 13.2 Å². The summed E-state index contributed by atoms with van der Waals surface area (Å²) in [6.45, 7) is -1.50. The first kappa shape index (κ1) is 40.2. The number of halogens is 7. The van der Waals surface area contributed by atoms with Gasteiger partial charge in [-0.3, -0.25) is 0 Å². The van der Waals surface area contributed by atoms with Crippen molar-refractivity contribution < 1.29 is 40.2 Å². The van der Waals surface area contributed by atoms with Crippen molar-refractivity contribution in [3.8, 4) is 33.8 Å². The molecule has 0 atom stereocenters.